The number of aryl methyl sites for hydroxylation is 2. The van der Waals surface area contributed by atoms with Crippen LogP contribution in [0.5, 0.6) is 0 Å². The van der Waals surface area contributed by atoms with Crippen molar-refractivity contribution in [1.82, 2.24) is 15.2 Å². The lowest BCUT2D eigenvalue weighted by molar-refractivity contribution is 0.982. The lowest BCUT2D eigenvalue weighted by Gasteiger charge is -2.13. The van der Waals surface area contributed by atoms with Crippen molar-refractivity contribution in [3.8, 4) is 0 Å². The molecule has 0 aliphatic rings. The van der Waals surface area contributed by atoms with Crippen LogP contribution in [-0.4, -0.2) is 29.3 Å². The Kier molecular flexibility index (Phi) is 4.79. The molecule has 6 heteroatoms. The van der Waals surface area contributed by atoms with Crippen molar-refractivity contribution in [3.63, 3.8) is 0 Å². The van der Waals surface area contributed by atoms with Gasteiger partial charge in [-0.1, -0.05) is 6.07 Å². The molecule has 128 valence electrons. The van der Waals surface area contributed by atoms with Crippen LogP contribution in [0.3, 0.4) is 0 Å². The van der Waals surface area contributed by atoms with E-state index in [0.717, 1.165) is 17.1 Å². The molecule has 6 nitrogen and oxygen atoms in total. The Morgan fingerprint density at radius 3 is 2.16 bits per heavy atom. The maximum atomic E-state index is 4.47. The van der Waals surface area contributed by atoms with Gasteiger partial charge < -0.3 is 15.5 Å². The van der Waals surface area contributed by atoms with Crippen molar-refractivity contribution < 1.29 is 0 Å². The van der Waals surface area contributed by atoms with Crippen LogP contribution < -0.4 is 15.5 Å². The third kappa shape index (κ3) is 4.44. The van der Waals surface area contributed by atoms with Gasteiger partial charge in [0.1, 0.15) is 0 Å². The van der Waals surface area contributed by atoms with E-state index < -0.39 is 0 Å². The number of nitrogens with zero attached hydrogens (tertiary/aromatic N) is 4. The molecule has 25 heavy (non-hydrogen) atoms. The minimum atomic E-state index is 0.458. The lowest BCUT2D eigenvalue weighted by atomic mass is 10.1. The summed E-state index contributed by atoms with van der Waals surface area (Å²) >= 11 is 0. The van der Waals surface area contributed by atoms with Gasteiger partial charge in [0.25, 0.3) is 0 Å². The van der Waals surface area contributed by atoms with Crippen LogP contribution in [0.25, 0.3) is 0 Å². The van der Waals surface area contributed by atoms with E-state index >= 15 is 0 Å². The molecule has 0 radical (unpaired) electrons. The van der Waals surface area contributed by atoms with Crippen molar-refractivity contribution in [2.75, 3.05) is 29.6 Å². The van der Waals surface area contributed by atoms with Gasteiger partial charge in [-0.05, 0) is 61.4 Å². The van der Waals surface area contributed by atoms with Gasteiger partial charge in [-0.15, -0.1) is 5.10 Å². The normalized spacial score (nSPS) is 10.4. The maximum Gasteiger partial charge on any atom is 0.249 e. The zero-order valence-corrected chi connectivity index (χ0v) is 14.9. The number of benzene rings is 2. The summed E-state index contributed by atoms with van der Waals surface area (Å²) in [5.74, 6) is 1.10. The van der Waals surface area contributed by atoms with Crippen molar-refractivity contribution in [2.45, 2.75) is 13.8 Å². The predicted molar refractivity (Wildman–Crippen MR) is 103 cm³/mol. The first kappa shape index (κ1) is 16.7. The van der Waals surface area contributed by atoms with Gasteiger partial charge >= 0.3 is 0 Å². The fraction of sp³-hybridized carbons (Fsp3) is 0.211. The smallest absolute Gasteiger partial charge is 0.249 e. The van der Waals surface area contributed by atoms with Gasteiger partial charge in [0.05, 0.1) is 6.20 Å². The van der Waals surface area contributed by atoms with Crippen LogP contribution >= 0.6 is 0 Å². The van der Waals surface area contributed by atoms with E-state index in [-0.39, 0.29) is 0 Å². The molecule has 0 amide bonds. The van der Waals surface area contributed by atoms with E-state index in [9.17, 15) is 0 Å². The Balaban J connectivity index is 1.74. The van der Waals surface area contributed by atoms with Gasteiger partial charge in [-0.2, -0.15) is 10.1 Å². The lowest BCUT2D eigenvalue weighted by Crippen LogP contribution is -2.08. The highest BCUT2D eigenvalue weighted by molar-refractivity contribution is 5.62. The van der Waals surface area contributed by atoms with Crippen molar-refractivity contribution in [1.29, 1.82) is 0 Å². The van der Waals surface area contributed by atoms with Crippen molar-refractivity contribution in [3.05, 3.63) is 59.8 Å². The molecular formula is C19H22N6. The van der Waals surface area contributed by atoms with E-state index in [1.807, 2.05) is 38.4 Å². The third-order valence-electron chi connectivity index (χ3n) is 3.69. The summed E-state index contributed by atoms with van der Waals surface area (Å²) in [6.07, 6.45) is 1.60. The standard InChI is InChI=1S/C19H22N6/c1-13-9-14(2)11-16(10-13)22-19-23-18(12-20-24-19)21-15-5-7-17(8-6-15)25(3)4/h5-12H,1-4H3,(H2,21,22,23,24). The number of hydrogen-bond donors (Lipinski definition) is 2. The summed E-state index contributed by atoms with van der Waals surface area (Å²) < 4.78 is 0. The topological polar surface area (TPSA) is 66.0 Å². The highest BCUT2D eigenvalue weighted by Gasteiger charge is 2.04. The molecule has 0 fully saturated rings. The van der Waals surface area contributed by atoms with Gasteiger partial charge in [-0.25, -0.2) is 0 Å². The monoisotopic (exact) mass is 334 g/mol. The van der Waals surface area contributed by atoms with Gasteiger partial charge in [0.15, 0.2) is 5.82 Å². The van der Waals surface area contributed by atoms with Crippen LogP contribution in [-0.2, 0) is 0 Å². The summed E-state index contributed by atoms with van der Waals surface area (Å²) in [5, 5.41) is 14.5. The Hall–Kier alpha value is -3.15. The first-order valence-corrected chi connectivity index (χ1v) is 8.09. The Morgan fingerprint density at radius 1 is 0.840 bits per heavy atom. The number of aromatic nitrogens is 3. The second-order valence-electron chi connectivity index (χ2n) is 6.23. The SMILES string of the molecule is Cc1cc(C)cc(Nc2nncc(Nc3ccc(N(C)C)cc3)n2)c1. The van der Waals surface area contributed by atoms with Crippen LogP contribution in [0.1, 0.15) is 11.1 Å². The van der Waals surface area contributed by atoms with Gasteiger partial charge in [0.2, 0.25) is 5.95 Å². The van der Waals surface area contributed by atoms with E-state index in [2.05, 4.69) is 62.8 Å². The van der Waals surface area contributed by atoms with Crippen LogP contribution in [0.4, 0.5) is 28.8 Å². The minimum Gasteiger partial charge on any atom is -0.378 e. The number of hydrogen-bond acceptors (Lipinski definition) is 6. The molecule has 2 aromatic carbocycles. The fourth-order valence-electron chi connectivity index (χ4n) is 2.58. The Bertz CT molecular complexity index is 838. The molecule has 0 aliphatic heterocycles. The molecule has 3 aromatic rings. The quantitative estimate of drug-likeness (QED) is 0.734. The number of nitrogens with one attached hydrogen (secondary N) is 2. The average Bonchev–Trinajstić information content (AvgIpc) is 2.54. The molecule has 3 rings (SSSR count). The van der Waals surface area contributed by atoms with E-state index in [1.54, 1.807) is 6.20 Å². The Labute approximate surface area is 147 Å². The maximum absolute atomic E-state index is 4.47. The van der Waals surface area contributed by atoms with Crippen LogP contribution in [0, 0.1) is 13.8 Å². The summed E-state index contributed by atoms with van der Waals surface area (Å²) in [7, 11) is 4.03. The molecule has 1 heterocycles. The average molecular weight is 334 g/mol. The zero-order valence-electron chi connectivity index (χ0n) is 14.9. The number of rotatable bonds is 5. The van der Waals surface area contributed by atoms with Crippen molar-refractivity contribution >= 4 is 28.8 Å². The molecule has 0 saturated heterocycles. The summed E-state index contributed by atoms with van der Waals surface area (Å²) in [5.41, 5.74) is 5.41. The second-order valence-corrected chi connectivity index (χ2v) is 6.23. The second kappa shape index (κ2) is 7.17. The molecule has 2 N–H and O–H groups in total. The molecule has 0 aliphatic carbocycles. The Morgan fingerprint density at radius 2 is 1.52 bits per heavy atom. The van der Waals surface area contributed by atoms with E-state index in [0.29, 0.717) is 11.8 Å². The zero-order chi connectivity index (χ0) is 17.8. The molecule has 1 aromatic heterocycles. The van der Waals surface area contributed by atoms with Crippen LogP contribution in [0.15, 0.2) is 48.7 Å². The fourth-order valence-corrected chi connectivity index (χ4v) is 2.58. The number of anilines is 5. The first-order chi connectivity index (χ1) is 12.0. The minimum absolute atomic E-state index is 0.458. The highest BCUT2D eigenvalue weighted by Crippen LogP contribution is 2.20. The third-order valence-corrected chi connectivity index (χ3v) is 3.69. The largest absolute Gasteiger partial charge is 0.378 e. The van der Waals surface area contributed by atoms with Gasteiger partial charge in [0, 0.05) is 31.2 Å². The molecule has 0 atom stereocenters. The summed E-state index contributed by atoms with van der Waals surface area (Å²) in [6, 6.07) is 14.3. The highest BCUT2D eigenvalue weighted by atomic mass is 15.3. The van der Waals surface area contributed by atoms with Crippen molar-refractivity contribution in [2.24, 2.45) is 0 Å². The first-order valence-electron chi connectivity index (χ1n) is 8.09. The van der Waals surface area contributed by atoms with E-state index in [4.69, 9.17) is 0 Å². The molecule has 0 bridgehead atoms. The molecule has 0 saturated carbocycles. The van der Waals surface area contributed by atoms with Crippen LogP contribution in [0.2, 0.25) is 0 Å². The molecule has 0 unspecified atom stereocenters. The summed E-state index contributed by atoms with van der Waals surface area (Å²) in [6.45, 7) is 4.12. The molecule has 0 spiro atoms. The molecular weight excluding hydrogens is 312 g/mol. The van der Waals surface area contributed by atoms with E-state index in [1.165, 1.54) is 11.1 Å². The summed E-state index contributed by atoms with van der Waals surface area (Å²) in [4.78, 5) is 6.53. The predicted octanol–water partition coefficient (Wildman–Crippen LogP) is 4.04. The van der Waals surface area contributed by atoms with Gasteiger partial charge in [-0.3, -0.25) is 0 Å².